The maximum Gasteiger partial charge on any atom is 0.124 e. The van der Waals surface area contributed by atoms with E-state index in [1.807, 2.05) is 13.0 Å². The molecule has 5 heteroatoms. The first-order valence-corrected chi connectivity index (χ1v) is 8.01. The van der Waals surface area contributed by atoms with Gasteiger partial charge in [0, 0.05) is 44.6 Å². The van der Waals surface area contributed by atoms with Gasteiger partial charge in [0.2, 0.25) is 0 Å². The van der Waals surface area contributed by atoms with E-state index in [2.05, 4.69) is 44.7 Å². The number of rotatable bonds is 4. The minimum Gasteiger partial charge on any atom is -0.488 e. The van der Waals surface area contributed by atoms with E-state index in [0.29, 0.717) is 5.92 Å². The van der Waals surface area contributed by atoms with Crippen LogP contribution in [0.25, 0.3) is 0 Å². The molecule has 0 amide bonds. The first-order valence-electron chi connectivity index (χ1n) is 8.01. The Kier molecular flexibility index (Phi) is 3.50. The van der Waals surface area contributed by atoms with E-state index in [-0.39, 0.29) is 6.10 Å². The normalized spacial score (nSPS) is 22.6. The van der Waals surface area contributed by atoms with Crippen LogP contribution >= 0.6 is 0 Å². The van der Waals surface area contributed by atoms with E-state index in [4.69, 9.17) is 4.74 Å². The summed E-state index contributed by atoms with van der Waals surface area (Å²) >= 11 is 0. The predicted molar refractivity (Wildman–Crippen MR) is 86.4 cm³/mol. The van der Waals surface area contributed by atoms with Crippen molar-refractivity contribution in [3.63, 3.8) is 0 Å². The highest BCUT2D eigenvalue weighted by molar-refractivity contribution is 5.38. The molecule has 116 valence electrons. The fraction of sp³-hybridized carbons (Fsp3) is 0.471. The Hall–Kier alpha value is -2.01. The minimum atomic E-state index is 0.261. The fourth-order valence-electron chi connectivity index (χ4n) is 3.34. The molecule has 0 unspecified atom stereocenters. The highest BCUT2D eigenvalue weighted by Gasteiger charge is 2.23. The molecule has 3 heterocycles. The number of hydrogen-bond donors (Lipinski definition) is 2. The van der Waals surface area contributed by atoms with Gasteiger partial charge < -0.3 is 15.4 Å². The SMILES string of the molecule is Cc1cc2n(n1)C[C@H](CNC[C@H]1Cc3ccccc3O1)CN2. The van der Waals surface area contributed by atoms with Crippen LogP contribution in [-0.4, -0.2) is 35.5 Å². The number of nitrogens with zero attached hydrogens (tertiary/aromatic N) is 2. The average Bonchev–Trinajstić information content (AvgIpc) is 3.08. The van der Waals surface area contributed by atoms with Gasteiger partial charge in [0.1, 0.15) is 17.7 Å². The third-order valence-corrected chi connectivity index (χ3v) is 4.42. The van der Waals surface area contributed by atoms with Crippen molar-refractivity contribution in [3.8, 4) is 5.75 Å². The third kappa shape index (κ3) is 2.68. The van der Waals surface area contributed by atoms with Crippen LogP contribution in [-0.2, 0) is 13.0 Å². The first-order chi connectivity index (χ1) is 10.8. The third-order valence-electron chi connectivity index (χ3n) is 4.42. The number of benzene rings is 1. The van der Waals surface area contributed by atoms with E-state index in [9.17, 15) is 0 Å². The van der Waals surface area contributed by atoms with Gasteiger partial charge >= 0.3 is 0 Å². The molecule has 0 bridgehead atoms. The second kappa shape index (κ2) is 5.65. The van der Waals surface area contributed by atoms with E-state index < -0.39 is 0 Å². The van der Waals surface area contributed by atoms with E-state index >= 15 is 0 Å². The summed E-state index contributed by atoms with van der Waals surface area (Å²) in [6.45, 7) is 5.91. The molecular weight excluding hydrogens is 276 g/mol. The van der Waals surface area contributed by atoms with Crippen LogP contribution in [0.15, 0.2) is 30.3 Å². The molecule has 2 N–H and O–H groups in total. The molecule has 22 heavy (non-hydrogen) atoms. The number of aromatic nitrogens is 2. The Labute approximate surface area is 130 Å². The number of ether oxygens (including phenoxy) is 1. The van der Waals surface area contributed by atoms with Gasteiger partial charge in [0.25, 0.3) is 0 Å². The summed E-state index contributed by atoms with van der Waals surface area (Å²) in [5.74, 6) is 2.75. The monoisotopic (exact) mass is 298 g/mol. The largest absolute Gasteiger partial charge is 0.488 e. The second-order valence-electron chi connectivity index (χ2n) is 6.31. The van der Waals surface area contributed by atoms with Gasteiger partial charge in [0.15, 0.2) is 0 Å². The number of fused-ring (bicyclic) bond motifs is 2. The molecular formula is C17H22N4O. The summed E-state index contributed by atoms with van der Waals surface area (Å²) < 4.78 is 8.04. The van der Waals surface area contributed by atoms with E-state index in [1.54, 1.807) is 0 Å². The zero-order valence-corrected chi connectivity index (χ0v) is 12.9. The maximum absolute atomic E-state index is 5.96. The highest BCUT2D eigenvalue weighted by Crippen LogP contribution is 2.27. The number of para-hydroxylation sites is 1. The van der Waals surface area contributed by atoms with Crippen molar-refractivity contribution >= 4 is 5.82 Å². The number of nitrogens with one attached hydrogen (secondary N) is 2. The summed E-state index contributed by atoms with van der Waals surface area (Å²) in [6.07, 6.45) is 1.27. The van der Waals surface area contributed by atoms with E-state index in [1.165, 1.54) is 5.56 Å². The number of anilines is 1. The maximum atomic E-state index is 5.96. The summed E-state index contributed by atoms with van der Waals surface area (Å²) in [6, 6.07) is 10.4. The molecule has 2 aliphatic rings. The molecule has 0 aliphatic carbocycles. The van der Waals surface area contributed by atoms with Crippen LogP contribution in [0.1, 0.15) is 11.3 Å². The topological polar surface area (TPSA) is 51.1 Å². The molecule has 2 atom stereocenters. The lowest BCUT2D eigenvalue weighted by Crippen LogP contribution is -2.39. The molecule has 1 aromatic carbocycles. The number of hydrogen-bond acceptors (Lipinski definition) is 4. The Morgan fingerprint density at radius 1 is 1.36 bits per heavy atom. The van der Waals surface area contributed by atoms with Gasteiger partial charge in [0.05, 0.1) is 5.69 Å². The fourth-order valence-corrected chi connectivity index (χ4v) is 3.34. The van der Waals surface area contributed by atoms with Gasteiger partial charge in [-0.3, -0.25) is 0 Å². The molecule has 4 rings (SSSR count). The predicted octanol–water partition coefficient (Wildman–Crippen LogP) is 1.83. The van der Waals surface area contributed by atoms with Crippen molar-refractivity contribution in [1.29, 1.82) is 0 Å². The summed E-state index contributed by atoms with van der Waals surface area (Å²) in [4.78, 5) is 0. The lowest BCUT2D eigenvalue weighted by atomic mass is 10.1. The van der Waals surface area contributed by atoms with Gasteiger partial charge in [-0.2, -0.15) is 5.10 Å². The van der Waals surface area contributed by atoms with Crippen molar-refractivity contribution in [2.75, 3.05) is 25.0 Å². The molecule has 0 radical (unpaired) electrons. The van der Waals surface area contributed by atoms with Crippen LogP contribution < -0.4 is 15.4 Å². The van der Waals surface area contributed by atoms with Crippen LogP contribution in [0.5, 0.6) is 5.75 Å². The van der Waals surface area contributed by atoms with Gasteiger partial charge in [-0.1, -0.05) is 18.2 Å². The quantitative estimate of drug-likeness (QED) is 0.904. The summed E-state index contributed by atoms with van der Waals surface area (Å²) in [5, 5.41) is 11.5. The van der Waals surface area contributed by atoms with Crippen molar-refractivity contribution in [1.82, 2.24) is 15.1 Å². The van der Waals surface area contributed by atoms with E-state index in [0.717, 1.165) is 49.9 Å². The van der Waals surface area contributed by atoms with Crippen molar-refractivity contribution in [2.45, 2.75) is 26.0 Å². The Balaban J connectivity index is 1.25. The first kappa shape index (κ1) is 13.6. The van der Waals surface area contributed by atoms with Crippen molar-refractivity contribution in [2.24, 2.45) is 5.92 Å². The summed E-state index contributed by atoms with van der Waals surface area (Å²) in [7, 11) is 0. The standard InChI is InChI=1S/C17H22N4O/c1-12-6-17-19-9-13(11-21(17)20-12)8-18-10-15-7-14-4-2-3-5-16(14)22-15/h2-6,13,15,18-19H,7-11H2,1H3/t13-,15-/m1/s1. The van der Waals surface area contributed by atoms with Crippen LogP contribution in [0.3, 0.4) is 0 Å². The Morgan fingerprint density at radius 3 is 3.18 bits per heavy atom. The Bertz CT molecular complexity index is 641. The molecule has 5 nitrogen and oxygen atoms in total. The smallest absolute Gasteiger partial charge is 0.124 e. The molecule has 1 aromatic heterocycles. The van der Waals surface area contributed by atoms with Crippen molar-refractivity contribution < 1.29 is 4.74 Å². The molecule has 0 saturated carbocycles. The zero-order chi connectivity index (χ0) is 14.9. The van der Waals surface area contributed by atoms with Gasteiger partial charge in [-0.15, -0.1) is 0 Å². The van der Waals surface area contributed by atoms with Crippen LogP contribution in [0, 0.1) is 12.8 Å². The van der Waals surface area contributed by atoms with Gasteiger partial charge in [-0.25, -0.2) is 4.68 Å². The molecule has 2 aromatic rings. The zero-order valence-electron chi connectivity index (χ0n) is 12.9. The minimum absolute atomic E-state index is 0.261. The molecule has 0 fully saturated rings. The van der Waals surface area contributed by atoms with Gasteiger partial charge in [-0.05, 0) is 18.6 Å². The van der Waals surface area contributed by atoms with Crippen LogP contribution in [0.2, 0.25) is 0 Å². The second-order valence-corrected chi connectivity index (χ2v) is 6.31. The molecule has 0 saturated heterocycles. The summed E-state index contributed by atoms with van der Waals surface area (Å²) in [5.41, 5.74) is 2.40. The van der Waals surface area contributed by atoms with Crippen LogP contribution in [0.4, 0.5) is 5.82 Å². The highest BCUT2D eigenvalue weighted by atomic mass is 16.5. The van der Waals surface area contributed by atoms with Crippen molar-refractivity contribution in [3.05, 3.63) is 41.6 Å². The molecule has 2 aliphatic heterocycles. The lowest BCUT2D eigenvalue weighted by Gasteiger charge is -2.25. The lowest BCUT2D eigenvalue weighted by molar-refractivity contribution is 0.223. The number of aryl methyl sites for hydroxylation is 1. The average molecular weight is 298 g/mol. The Morgan fingerprint density at radius 2 is 2.27 bits per heavy atom. The molecule has 0 spiro atoms.